The van der Waals surface area contributed by atoms with Gasteiger partial charge >= 0.3 is 5.97 Å². The number of nitrogens with zero attached hydrogens (tertiary/aromatic N) is 5. The third kappa shape index (κ3) is 4.08. The molecule has 22 heavy (non-hydrogen) atoms. The molecule has 0 aliphatic heterocycles. The fourth-order valence-corrected chi connectivity index (χ4v) is 1.77. The maximum absolute atomic E-state index is 11.9. The highest BCUT2D eigenvalue weighted by atomic mass is 16.5. The first-order valence-corrected chi connectivity index (χ1v) is 6.69. The Bertz CT molecular complexity index is 643. The van der Waals surface area contributed by atoms with Crippen LogP contribution in [0.4, 0.5) is 0 Å². The number of aliphatic carboxylic acids is 1. The topological polar surface area (TPSA) is 122 Å². The van der Waals surface area contributed by atoms with Gasteiger partial charge in [-0.3, -0.25) is 9.59 Å². The first-order valence-electron chi connectivity index (χ1n) is 6.69. The summed E-state index contributed by atoms with van der Waals surface area (Å²) in [6, 6.07) is 1.67. The van der Waals surface area contributed by atoms with Crippen LogP contribution >= 0.6 is 0 Å². The van der Waals surface area contributed by atoms with Gasteiger partial charge in [-0.1, -0.05) is 5.16 Å². The van der Waals surface area contributed by atoms with E-state index in [1.54, 1.807) is 25.4 Å². The van der Waals surface area contributed by atoms with Crippen molar-refractivity contribution in [1.82, 2.24) is 25.0 Å². The van der Waals surface area contributed by atoms with Crippen molar-refractivity contribution in [3.63, 3.8) is 0 Å². The van der Waals surface area contributed by atoms with E-state index in [1.807, 2.05) is 0 Å². The lowest BCUT2D eigenvalue weighted by Gasteiger charge is -2.17. The third-order valence-electron chi connectivity index (χ3n) is 2.85. The normalized spacial score (nSPS) is 10.4. The van der Waals surface area contributed by atoms with Gasteiger partial charge in [0.15, 0.2) is 0 Å². The number of aromatic nitrogens is 4. The average Bonchev–Trinajstić information content (AvgIpc) is 3.00. The summed E-state index contributed by atoms with van der Waals surface area (Å²) in [5.74, 6) is -0.454. The minimum absolute atomic E-state index is 0.0956. The summed E-state index contributed by atoms with van der Waals surface area (Å²) in [5, 5.41) is 12.5. The SMILES string of the molecule is CCN(CC(=O)O)C(=O)CCc1nc(-c2ncccn2)no1. The molecule has 0 aliphatic carbocycles. The molecular formula is C13H15N5O4. The van der Waals surface area contributed by atoms with Crippen LogP contribution in [0.5, 0.6) is 0 Å². The molecule has 1 amide bonds. The number of hydrogen-bond donors (Lipinski definition) is 1. The quantitative estimate of drug-likeness (QED) is 0.779. The van der Waals surface area contributed by atoms with E-state index in [0.717, 1.165) is 0 Å². The summed E-state index contributed by atoms with van der Waals surface area (Å²) in [6.07, 6.45) is 3.45. The van der Waals surface area contributed by atoms with Crippen molar-refractivity contribution >= 4 is 11.9 Å². The molecule has 0 aliphatic rings. The molecule has 2 heterocycles. The van der Waals surface area contributed by atoms with Crippen molar-refractivity contribution in [2.45, 2.75) is 19.8 Å². The highest BCUT2D eigenvalue weighted by molar-refractivity contribution is 5.81. The van der Waals surface area contributed by atoms with Crippen molar-refractivity contribution < 1.29 is 19.2 Å². The molecule has 0 saturated carbocycles. The van der Waals surface area contributed by atoms with Gasteiger partial charge in [-0.2, -0.15) is 4.98 Å². The molecule has 0 radical (unpaired) electrons. The molecule has 2 aromatic heterocycles. The molecule has 0 fully saturated rings. The minimum Gasteiger partial charge on any atom is -0.480 e. The second kappa shape index (κ2) is 7.25. The Balaban J connectivity index is 1.93. The number of likely N-dealkylation sites (N-methyl/N-ethyl adjacent to an activating group) is 1. The lowest BCUT2D eigenvalue weighted by molar-refractivity contribution is -0.144. The van der Waals surface area contributed by atoms with E-state index < -0.39 is 5.97 Å². The molecule has 0 bridgehead atoms. The van der Waals surface area contributed by atoms with Gasteiger partial charge < -0.3 is 14.5 Å². The van der Waals surface area contributed by atoms with Crippen LogP contribution in [0.15, 0.2) is 23.0 Å². The van der Waals surface area contributed by atoms with E-state index in [2.05, 4.69) is 20.1 Å². The number of hydrogen-bond acceptors (Lipinski definition) is 7. The average molecular weight is 305 g/mol. The van der Waals surface area contributed by atoms with Crippen LogP contribution in [-0.2, 0) is 16.0 Å². The molecular weight excluding hydrogens is 290 g/mol. The molecule has 1 N–H and O–H groups in total. The zero-order valence-electron chi connectivity index (χ0n) is 12.0. The summed E-state index contributed by atoms with van der Waals surface area (Å²) in [6.45, 7) is 1.73. The first-order chi connectivity index (χ1) is 10.6. The molecule has 2 rings (SSSR count). The van der Waals surface area contributed by atoms with Crippen LogP contribution < -0.4 is 0 Å². The van der Waals surface area contributed by atoms with Crippen LogP contribution in [0.2, 0.25) is 0 Å². The summed E-state index contributed by atoms with van der Waals surface area (Å²) in [5.41, 5.74) is 0. The van der Waals surface area contributed by atoms with E-state index >= 15 is 0 Å². The number of aryl methyl sites for hydroxylation is 1. The molecule has 0 atom stereocenters. The number of carboxylic acids is 1. The van der Waals surface area contributed by atoms with Gasteiger partial charge in [0, 0.05) is 31.8 Å². The molecule has 9 nitrogen and oxygen atoms in total. The highest BCUT2D eigenvalue weighted by Crippen LogP contribution is 2.10. The van der Waals surface area contributed by atoms with Crippen molar-refractivity contribution in [2.75, 3.05) is 13.1 Å². The van der Waals surface area contributed by atoms with Crippen LogP contribution in [0.25, 0.3) is 11.6 Å². The van der Waals surface area contributed by atoms with E-state index in [0.29, 0.717) is 12.4 Å². The van der Waals surface area contributed by atoms with E-state index in [-0.39, 0.29) is 37.0 Å². The van der Waals surface area contributed by atoms with Crippen LogP contribution in [0.1, 0.15) is 19.2 Å². The fourth-order valence-electron chi connectivity index (χ4n) is 1.77. The molecule has 9 heteroatoms. The minimum atomic E-state index is -1.04. The molecule has 0 aromatic carbocycles. The second-order valence-electron chi connectivity index (χ2n) is 4.39. The molecule has 0 unspecified atom stereocenters. The molecule has 0 saturated heterocycles. The van der Waals surface area contributed by atoms with Crippen LogP contribution in [0.3, 0.4) is 0 Å². The van der Waals surface area contributed by atoms with Gasteiger partial charge in [-0.15, -0.1) is 0 Å². The lowest BCUT2D eigenvalue weighted by Crippen LogP contribution is -2.35. The number of carboxylic acid groups (broad SMARTS) is 1. The summed E-state index contributed by atoms with van der Waals surface area (Å²) in [7, 11) is 0. The predicted molar refractivity (Wildman–Crippen MR) is 73.5 cm³/mol. The maximum atomic E-state index is 11.9. The van der Waals surface area contributed by atoms with Gasteiger partial charge in [0.05, 0.1) is 0 Å². The Labute approximate surface area is 126 Å². The van der Waals surface area contributed by atoms with Gasteiger partial charge in [-0.25, -0.2) is 9.97 Å². The summed E-state index contributed by atoms with van der Waals surface area (Å²) in [4.78, 5) is 35.9. The standard InChI is InChI=1S/C13H15N5O4/c1-2-18(8-11(20)21)10(19)5-4-9-16-13(17-22-9)12-14-6-3-7-15-12/h3,6-7H,2,4-5,8H2,1H3,(H,20,21). The van der Waals surface area contributed by atoms with E-state index in [4.69, 9.17) is 9.63 Å². The number of rotatable bonds is 7. The van der Waals surface area contributed by atoms with Gasteiger partial charge in [0.25, 0.3) is 0 Å². The third-order valence-corrected chi connectivity index (χ3v) is 2.85. The zero-order chi connectivity index (χ0) is 15.9. The van der Waals surface area contributed by atoms with Crippen LogP contribution in [0, 0.1) is 0 Å². The van der Waals surface area contributed by atoms with Crippen molar-refractivity contribution in [3.8, 4) is 11.6 Å². The Morgan fingerprint density at radius 2 is 2.00 bits per heavy atom. The Morgan fingerprint density at radius 1 is 1.27 bits per heavy atom. The first kappa shape index (κ1) is 15.5. The summed E-state index contributed by atoms with van der Waals surface area (Å²) < 4.78 is 5.04. The summed E-state index contributed by atoms with van der Waals surface area (Å²) >= 11 is 0. The molecule has 116 valence electrons. The maximum Gasteiger partial charge on any atom is 0.323 e. The van der Waals surface area contributed by atoms with Crippen LogP contribution in [-0.4, -0.2) is 55.1 Å². The van der Waals surface area contributed by atoms with E-state index in [9.17, 15) is 9.59 Å². The van der Waals surface area contributed by atoms with Crippen molar-refractivity contribution in [2.24, 2.45) is 0 Å². The Morgan fingerprint density at radius 3 is 2.64 bits per heavy atom. The number of amides is 1. The number of carbonyl (C=O) groups excluding carboxylic acids is 1. The smallest absolute Gasteiger partial charge is 0.323 e. The van der Waals surface area contributed by atoms with Crippen molar-refractivity contribution in [1.29, 1.82) is 0 Å². The molecule has 2 aromatic rings. The Kier molecular flexibility index (Phi) is 5.12. The predicted octanol–water partition coefficient (Wildman–Crippen LogP) is 0.392. The molecule has 0 spiro atoms. The largest absolute Gasteiger partial charge is 0.480 e. The monoisotopic (exact) mass is 305 g/mol. The van der Waals surface area contributed by atoms with E-state index in [1.165, 1.54) is 4.90 Å². The lowest BCUT2D eigenvalue weighted by atomic mass is 10.2. The zero-order valence-corrected chi connectivity index (χ0v) is 12.0. The second-order valence-corrected chi connectivity index (χ2v) is 4.39. The van der Waals surface area contributed by atoms with Gasteiger partial charge in [0.1, 0.15) is 6.54 Å². The van der Waals surface area contributed by atoms with Gasteiger partial charge in [-0.05, 0) is 13.0 Å². The van der Waals surface area contributed by atoms with Gasteiger partial charge in [0.2, 0.25) is 23.4 Å². The Hall–Kier alpha value is -2.84. The number of carbonyl (C=O) groups is 2. The highest BCUT2D eigenvalue weighted by Gasteiger charge is 2.17. The van der Waals surface area contributed by atoms with Crippen molar-refractivity contribution in [3.05, 3.63) is 24.4 Å². The fraction of sp³-hybridized carbons (Fsp3) is 0.385.